The van der Waals surface area contributed by atoms with E-state index in [2.05, 4.69) is 4.98 Å². The van der Waals surface area contributed by atoms with E-state index in [0.717, 1.165) is 16.7 Å². The van der Waals surface area contributed by atoms with E-state index >= 15 is 0 Å². The number of hydrogen-bond donors (Lipinski definition) is 2. The van der Waals surface area contributed by atoms with E-state index in [-0.39, 0.29) is 6.61 Å². The molecule has 0 unspecified atom stereocenters. The Morgan fingerprint density at radius 3 is 3.07 bits per heavy atom. The number of aliphatic hydroxyl groups excluding tert-OH is 1. The van der Waals surface area contributed by atoms with Crippen molar-refractivity contribution in [2.45, 2.75) is 6.42 Å². The molecule has 1 aromatic carbocycles. The van der Waals surface area contributed by atoms with Gasteiger partial charge in [0.2, 0.25) is 0 Å². The zero-order valence-corrected chi connectivity index (χ0v) is 7.86. The quantitative estimate of drug-likeness (QED) is 0.725. The van der Waals surface area contributed by atoms with Crippen LogP contribution in [0.3, 0.4) is 0 Å². The molecule has 0 radical (unpaired) electrons. The van der Waals surface area contributed by atoms with Gasteiger partial charge in [0.25, 0.3) is 0 Å². The molecule has 3 nitrogen and oxygen atoms in total. The SMILES string of the molecule is OCCCOc1cccc2[nH]ccc12. The Morgan fingerprint density at radius 1 is 1.29 bits per heavy atom. The molecule has 0 atom stereocenters. The summed E-state index contributed by atoms with van der Waals surface area (Å²) in [4.78, 5) is 3.12. The largest absolute Gasteiger partial charge is 0.493 e. The minimum atomic E-state index is 0.170. The normalized spacial score (nSPS) is 10.6. The second-order valence-electron chi connectivity index (χ2n) is 3.12. The van der Waals surface area contributed by atoms with Gasteiger partial charge in [0.05, 0.1) is 6.61 Å². The van der Waals surface area contributed by atoms with E-state index in [1.54, 1.807) is 0 Å². The summed E-state index contributed by atoms with van der Waals surface area (Å²) in [6, 6.07) is 7.89. The molecule has 2 rings (SSSR count). The number of H-pyrrole nitrogens is 1. The molecule has 0 saturated heterocycles. The molecule has 1 heterocycles. The first-order valence-electron chi connectivity index (χ1n) is 4.71. The summed E-state index contributed by atoms with van der Waals surface area (Å²) in [6.45, 7) is 0.726. The maximum atomic E-state index is 8.63. The van der Waals surface area contributed by atoms with E-state index in [1.807, 2.05) is 30.5 Å². The third-order valence-corrected chi connectivity index (χ3v) is 2.11. The lowest BCUT2D eigenvalue weighted by atomic mass is 10.2. The molecule has 0 spiro atoms. The number of ether oxygens (including phenoxy) is 1. The minimum Gasteiger partial charge on any atom is -0.493 e. The van der Waals surface area contributed by atoms with E-state index in [4.69, 9.17) is 9.84 Å². The predicted octanol–water partition coefficient (Wildman–Crippen LogP) is 1.93. The van der Waals surface area contributed by atoms with Crippen molar-refractivity contribution < 1.29 is 9.84 Å². The molecule has 0 aliphatic heterocycles. The third kappa shape index (κ3) is 1.72. The highest BCUT2D eigenvalue weighted by atomic mass is 16.5. The highest BCUT2D eigenvalue weighted by Gasteiger charge is 2.01. The highest BCUT2D eigenvalue weighted by molar-refractivity contribution is 5.85. The second-order valence-corrected chi connectivity index (χ2v) is 3.12. The van der Waals surface area contributed by atoms with Gasteiger partial charge in [-0.1, -0.05) is 6.07 Å². The van der Waals surface area contributed by atoms with Gasteiger partial charge < -0.3 is 14.8 Å². The maximum Gasteiger partial charge on any atom is 0.128 e. The van der Waals surface area contributed by atoms with Crippen LogP contribution < -0.4 is 4.74 Å². The van der Waals surface area contributed by atoms with Crippen molar-refractivity contribution in [3.05, 3.63) is 30.5 Å². The van der Waals surface area contributed by atoms with Gasteiger partial charge >= 0.3 is 0 Å². The van der Waals surface area contributed by atoms with Crippen molar-refractivity contribution in [1.29, 1.82) is 0 Å². The molecule has 74 valence electrons. The van der Waals surface area contributed by atoms with Crippen LogP contribution in [0.4, 0.5) is 0 Å². The number of benzene rings is 1. The lowest BCUT2D eigenvalue weighted by Crippen LogP contribution is -1.99. The van der Waals surface area contributed by atoms with E-state index < -0.39 is 0 Å². The van der Waals surface area contributed by atoms with Crippen LogP contribution in [0.15, 0.2) is 30.5 Å². The van der Waals surface area contributed by atoms with Crippen molar-refractivity contribution in [2.24, 2.45) is 0 Å². The molecule has 3 heteroatoms. The van der Waals surface area contributed by atoms with Crippen LogP contribution in [0.1, 0.15) is 6.42 Å². The van der Waals surface area contributed by atoms with Gasteiger partial charge in [-0.05, 0) is 18.2 Å². The first kappa shape index (κ1) is 9.09. The maximum absolute atomic E-state index is 8.63. The summed E-state index contributed by atoms with van der Waals surface area (Å²) in [5.41, 5.74) is 1.08. The lowest BCUT2D eigenvalue weighted by Gasteiger charge is -2.05. The standard InChI is InChI=1S/C11H13NO2/c13-7-2-8-14-11-4-1-3-10-9(11)5-6-12-10/h1,3-6,12-13H,2,7-8H2. The number of fused-ring (bicyclic) bond motifs is 1. The van der Waals surface area contributed by atoms with Gasteiger partial charge in [-0.25, -0.2) is 0 Å². The number of rotatable bonds is 4. The van der Waals surface area contributed by atoms with Crippen molar-refractivity contribution in [1.82, 2.24) is 4.98 Å². The number of hydrogen-bond acceptors (Lipinski definition) is 2. The fourth-order valence-corrected chi connectivity index (χ4v) is 1.43. The fraction of sp³-hybridized carbons (Fsp3) is 0.273. The summed E-state index contributed by atoms with van der Waals surface area (Å²) < 4.78 is 5.54. The summed E-state index contributed by atoms with van der Waals surface area (Å²) in [7, 11) is 0. The predicted molar refractivity (Wildman–Crippen MR) is 55.5 cm³/mol. The molecule has 0 fully saturated rings. The van der Waals surface area contributed by atoms with Crippen molar-refractivity contribution in [3.8, 4) is 5.75 Å². The van der Waals surface area contributed by atoms with Crippen LogP contribution in [-0.2, 0) is 0 Å². The third-order valence-electron chi connectivity index (χ3n) is 2.11. The Kier molecular flexibility index (Phi) is 2.70. The molecule has 14 heavy (non-hydrogen) atoms. The van der Waals surface area contributed by atoms with Crippen LogP contribution in [0.5, 0.6) is 5.75 Å². The second kappa shape index (κ2) is 4.15. The highest BCUT2D eigenvalue weighted by Crippen LogP contribution is 2.24. The molecule has 0 amide bonds. The Balaban J connectivity index is 2.19. The topological polar surface area (TPSA) is 45.2 Å². The van der Waals surface area contributed by atoms with Crippen LogP contribution in [-0.4, -0.2) is 23.3 Å². The summed E-state index contributed by atoms with van der Waals surface area (Å²) in [6.07, 6.45) is 2.56. The number of aliphatic hydroxyl groups is 1. The molecule has 0 aliphatic carbocycles. The monoisotopic (exact) mass is 191 g/mol. The van der Waals surface area contributed by atoms with Gasteiger partial charge in [0.1, 0.15) is 5.75 Å². The molecule has 1 aromatic heterocycles. The summed E-state index contributed by atoms with van der Waals surface area (Å²) in [5, 5.41) is 9.72. The average molecular weight is 191 g/mol. The van der Waals surface area contributed by atoms with Crippen LogP contribution in [0.2, 0.25) is 0 Å². The van der Waals surface area contributed by atoms with Gasteiger partial charge in [-0.3, -0.25) is 0 Å². The van der Waals surface area contributed by atoms with Crippen molar-refractivity contribution in [2.75, 3.05) is 13.2 Å². The first-order chi connectivity index (χ1) is 6.92. The Labute approximate surface area is 82.3 Å². The van der Waals surface area contributed by atoms with Gasteiger partial charge in [0, 0.05) is 30.1 Å². The molecular weight excluding hydrogens is 178 g/mol. The molecule has 2 N–H and O–H groups in total. The van der Waals surface area contributed by atoms with E-state index in [0.29, 0.717) is 13.0 Å². The summed E-state index contributed by atoms with van der Waals surface area (Å²) >= 11 is 0. The fourth-order valence-electron chi connectivity index (χ4n) is 1.43. The molecule has 0 aliphatic rings. The molecule has 0 saturated carbocycles. The van der Waals surface area contributed by atoms with Crippen LogP contribution in [0.25, 0.3) is 10.9 Å². The van der Waals surface area contributed by atoms with Gasteiger partial charge in [-0.2, -0.15) is 0 Å². The number of nitrogens with one attached hydrogen (secondary N) is 1. The zero-order chi connectivity index (χ0) is 9.80. The smallest absolute Gasteiger partial charge is 0.128 e. The van der Waals surface area contributed by atoms with Gasteiger partial charge in [0.15, 0.2) is 0 Å². The molecular formula is C11H13NO2. The molecule has 2 aromatic rings. The Morgan fingerprint density at radius 2 is 2.21 bits per heavy atom. The molecule has 0 bridgehead atoms. The zero-order valence-electron chi connectivity index (χ0n) is 7.86. The van der Waals surface area contributed by atoms with Crippen LogP contribution >= 0.6 is 0 Å². The Hall–Kier alpha value is -1.48. The minimum absolute atomic E-state index is 0.170. The first-order valence-corrected chi connectivity index (χ1v) is 4.71. The van der Waals surface area contributed by atoms with Crippen LogP contribution in [0, 0.1) is 0 Å². The lowest BCUT2D eigenvalue weighted by molar-refractivity contribution is 0.235. The van der Waals surface area contributed by atoms with Gasteiger partial charge in [-0.15, -0.1) is 0 Å². The Bertz CT molecular complexity index is 408. The number of aromatic nitrogens is 1. The summed E-state index contributed by atoms with van der Waals surface area (Å²) in [5.74, 6) is 0.872. The van der Waals surface area contributed by atoms with Crippen molar-refractivity contribution >= 4 is 10.9 Å². The van der Waals surface area contributed by atoms with Crippen molar-refractivity contribution in [3.63, 3.8) is 0 Å². The number of aromatic amines is 1. The van der Waals surface area contributed by atoms with E-state index in [9.17, 15) is 0 Å². The van der Waals surface area contributed by atoms with E-state index in [1.165, 1.54) is 0 Å². The average Bonchev–Trinajstić information content (AvgIpc) is 2.67.